The van der Waals surface area contributed by atoms with E-state index in [4.69, 9.17) is 4.74 Å². The molecule has 2 atom stereocenters. The number of H-pyrrole nitrogens is 1. The Morgan fingerprint density at radius 2 is 1.84 bits per heavy atom. The fraction of sp³-hybridized carbons (Fsp3) is 0.484. The summed E-state index contributed by atoms with van der Waals surface area (Å²) in [5.74, 6) is 0.182. The largest absolute Gasteiger partial charge is 0.480 e. The average molecular weight is 519 g/mol. The zero-order chi connectivity index (χ0) is 27.6. The van der Waals surface area contributed by atoms with E-state index in [1.54, 1.807) is 4.90 Å². The molecule has 204 valence electrons. The standard InChI is InChI=1S/C31H42N4O3/c1-8-34(9-2)22-14-15-24-26(18-22)38-28(20(3)4)30(37)35(27(24)29(36)33-31(5,6)7)17-16-21-19-32-25-13-11-10-12-23(21)25/h10-15,18-20,27-28,32H,8-9,16-17H2,1-7H3,(H,33,36). The van der Waals surface area contributed by atoms with Gasteiger partial charge in [0.2, 0.25) is 5.91 Å². The van der Waals surface area contributed by atoms with Gasteiger partial charge in [0.25, 0.3) is 5.91 Å². The number of hydrogen-bond acceptors (Lipinski definition) is 4. The van der Waals surface area contributed by atoms with Crippen LogP contribution in [-0.4, -0.2) is 53.0 Å². The fourth-order valence-corrected chi connectivity index (χ4v) is 5.24. The molecule has 1 aliphatic heterocycles. The number of aromatic nitrogens is 1. The molecule has 3 aromatic rings. The highest BCUT2D eigenvalue weighted by Crippen LogP contribution is 2.39. The average Bonchev–Trinajstić information content (AvgIpc) is 3.22. The van der Waals surface area contributed by atoms with Crippen molar-refractivity contribution in [2.75, 3.05) is 24.5 Å². The Bertz CT molecular complexity index is 1290. The summed E-state index contributed by atoms with van der Waals surface area (Å²) in [4.78, 5) is 35.3. The van der Waals surface area contributed by atoms with Gasteiger partial charge in [0.15, 0.2) is 6.10 Å². The molecule has 1 aromatic heterocycles. The number of hydrogen-bond donors (Lipinski definition) is 2. The Balaban J connectivity index is 1.80. The van der Waals surface area contributed by atoms with Crippen LogP contribution >= 0.6 is 0 Å². The van der Waals surface area contributed by atoms with Crippen molar-refractivity contribution in [2.45, 2.75) is 72.6 Å². The van der Waals surface area contributed by atoms with Gasteiger partial charge in [0.1, 0.15) is 11.8 Å². The Labute approximate surface area is 226 Å². The molecule has 0 radical (unpaired) electrons. The van der Waals surface area contributed by atoms with Gasteiger partial charge in [-0.15, -0.1) is 0 Å². The number of benzene rings is 2. The number of rotatable bonds is 8. The van der Waals surface area contributed by atoms with Crippen molar-refractivity contribution in [2.24, 2.45) is 5.92 Å². The number of nitrogens with one attached hydrogen (secondary N) is 2. The number of nitrogens with zero attached hydrogens (tertiary/aromatic N) is 2. The molecule has 0 saturated carbocycles. The van der Waals surface area contributed by atoms with Crippen LogP contribution in [0.1, 0.15) is 65.6 Å². The number of amides is 2. The van der Waals surface area contributed by atoms with Gasteiger partial charge in [-0.05, 0) is 64.7 Å². The maximum atomic E-state index is 14.1. The number of aromatic amines is 1. The SMILES string of the molecule is CCN(CC)c1ccc2c(c1)OC(C(C)C)C(=O)N(CCc1c[nH]c3ccccc13)C2C(=O)NC(C)(C)C. The molecule has 0 bridgehead atoms. The van der Waals surface area contributed by atoms with Gasteiger partial charge in [-0.1, -0.05) is 38.1 Å². The van der Waals surface area contributed by atoms with Gasteiger partial charge in [-0.3, -0.25) is 9.59 Å². The van der Waals surface area contributed by atoms with E-state index in [0.717, 1.165) is 40.8 Å². The summed E-state index contributed by atoms with van der Waals surface area (Å²) in [6, 6.07) is 13.3. The topological polar surface area (TPSA) is 77.7 Å². The number of para-hydroxylation sites is 1. The molecule has 2 unspecified atom stereocenters. The van der Waals surface area contributed by atoms with E-state index in [1.807, 2.05) is 77.2 Å². The summed E-state index contributed by atoms with van der Waals surface area (Å²) < 4.78 is 6.45. The smallest absolute Gasteiger partial charge is 0.264 e. The number of anilines is 1. The molecule has 2 amide bonds. The van der Waals surface area contributed by atoms with Gasteiger partial charge < -0.3 is 24.8 Å². The van der Waals surface area contributed by atoms with E-state index in [2.05, 4.69) is 35.1 Å². The van der Waals surface area contributed by atoms with Crippen molar-refractivity contribution >= 4 is 28.4 Å². The molecule has 0 saturated heterocycles. The lowest BCUT2D eigenvalue weighted by molar-refractivity contribution is -0.146. The summed E-state index contributed by atoms with van der Waals surface area (Å²) in [5, 5.41) is 4.26. The van der Waals surface area contributed by atoms with E-state index in [-0.39, 0.29) is 17.7 Å². The Morgan fingerprint density at radius 3 is 2.50 bits per heavy atom. The third kappa shape index (κ3) is 5.66. The third-order valence-electron chi connectivity index (χ3n) is 7.16. The van der Waals surface area contributed by atoms with Crippen LogP contribution in [0.15, 0.2) is 48.7 Å². The van der Waals surface area contributed by atoms with E-state index < -0.39 is 17.7 Å². The first-order chi connectivity index (χ1) is 18.0. The predicted octanol–water partition coefficient (Wildman–Crippen LogP) is 5.46. The van der Waals surface area contributed by atoms with Crippen molar-refractivity contribution in [1.82, 2.24) is 15.2 Å². The molecular formula is C31H42N4O3. The van der Waals surface area contributed by atoms with Crippen LogP contribution in [0.2, 0.25) is 0 Å². The number of carbonyl (C=O) groups excluding carboxylic acids is 2. The molecule has 2 N–H and O–H groups in total. The zero-order valence-corrected chi connectivity index (χ0v) is 23.8. The second-order valence-electron chi connectivity index (χ2n) is 11.5. The van der Waals surface area contributed by atoms with Crippen LogP contribution in [-0.2, 0) is 16.0 Å². The molecule has 38 heavy (non-hydrogen) atoms. The van der Waals surface area contributed by atoms with Crippen molar-refractivity contribution in [3.05, 3.63) is 59.8 Å². The first-order valence-electron chi connectivity index (χ1n) is 13.8. The van der Waals surface area contributed by atoms with Crippen molar-refractivity contribution in [1.29, 1.82) is 0 Å². The Morgan fingerprint density at radius 1 is 1.13 bits per heavy atom. The van der Waals surface area contributed by atoms with Gasteiger partial charge in [-0.25, -0.2) is 0 Å². The highest BCUT2D eigenvalue weighted by molar-refractivity contribution is 5.93. The Hall–Kier alpha value is -3.48. The van der Waals surface area contributed by atoms with E-state index >= 15 is 0 Å². The van der Waals surface area contributed by atoms with E-state index in [0.29, 0.717) is 18.7 Å². The van der Waals surface area contributed by atoms with Crippen molar-refractivity contribution in [3.8, 4) is 5.75 Å². The lowest BCUT2D eigenvalue weighted by Gasteiger charge is -2.33. The van der Waals surface area contributed by atoms with E-state index in [1.165, 1.54) is 0 Å². The molecule has 0 fully saturated rings. The quantitative estimate of drug-likeness (QED) is 0.415. The predicted molar refractivity (Wildman–Crippen MR) is 154 cm³/mol. The second kappa shape index (κ2) is 11.1. The summed E-state index contributed by atoms with van der Waals surface area (Å²) in [6.45, 7) is 16.2. The van der Waals surface area contributed by atoms with Crippen molar-refractivity contribution in [3.63, 3.8) is 0 Å². The highest BCUT2D eigenvalue weighted by Gasteiger charge is 2.42. The Kier molecular flexibility index (Phi) is 8.05. The van der Waals surface area contributed by atoms with Crippen LogP contribution in [0, 0.1) is 5.92 Å². The molecule has 2 aromatic carbocycles. The van der Waals surface area contributed by atoms with Crippen molar-refractivity contribution < 1.29 is 14.3 Å². The zero-order valence-electron chi connectivity index (χ0n) is 23.8. The lowest BCUT2D eigenvalue weighted by atomic mass is 9.99. The minimum absolute atomic E-state index is 0.0625. The number of fused-ring (bicyclic) bond motifs is 2. The number of carbonyl (C=O) groups is 2. The minimum Gasteiger partial charge on any atom is -0.480 e. The van der Waals surface area contributed by atoms with Crippen LogP contribution in [0.3, 0.4) is 0 Å². The first-order valence-corrected chi connectivity index (χ1v) is 13.8. The first kappa shape index (κ1) is 27.6. The summed E-state index contributed by atoms with van der Waals surface area (Å²) in [6.07, 6.45) is 1.93. The maximum absolute atomic E-state index is 14.1. The van der Waals surface area contributed by atoms with Crippen LogP contribution in [0.4, 0.5) is 5.69 Å². The molecule has 1 aliphatic rings. The normalized spacial score (nSPS) is 17.8. The van der Waals surface area contributed by atoms with Gasteiger partial charge in [0.05, 0.1) is 0 Å². The van der Waals surface area contributed by atoms with Gasteiger partial charge in [0, 0.05) is 59.6 Å². The van der Waals surface area contributed by atoms with Crippen LogP contribution < -0.4 is 15.0 Å². The highest BCUT2D eigenvalue weighted by atomic mass is 16.5. The molecule has 2 heterocycles. The molecule has 0 spiro atoms. The molecule has 7 heteroatoms. The minimum atomic E-state index is -0.795. The monoisotopic (exact) mass is 518 g/mol. The number of ether oxygens (including phenoxy) is 1. The van der Waals surface area contributed by atoms with E-state index in [9.17, 15) is 9.59 Å². The molecule has 7 nitrogen and oxygen atoms in total. The summed E-state index contributed by atoms with van der Waals surface area (Å²) >= 11 is 0. The fourth-order valence-electron chi connectivity index (χ4n) is 5.24. The molecule has 0 aliphatic carbocycles. The summed E-state index contributed by atoms with van der Waals surface area (Å²) in [7, 11) is 0. The summed E-state index contributed by atoms with van der Waals surface area (Å²) in [5.41, 5.74) is 3.47. The molecule has 4 rings (SSSR count). The maximum Gasteiger partial charge on any atom is 0.264 e. The van der Waals surface area contributed by atoms with Gasteiger partial charge >= 0.3 is 0 Å². The lowest BCUT2D eigenvalue weighted by Crippen LogP contribution is -2.51. The van der Waals surface area contributed by atoms with Crippen LogP contribution in [0.5, 0.6) is 5.75 Å². The van der Waals surface area contributed by atoms with Gasteiger partial charge in [-0.2, -0.15) is 0 Å². The second-order valence-corrected chi connectivity index (χ2v) is 11.5. The third-order valence-corrected chi connectivity index (χ3v) is 7.16. The molecular weight excluding hydrogens is 476 g/mol. The van der Waals surface area contributed by atoms with Crippen LogP contribution in [0.25, 0.3) is 10.9 Å².